The normalized spacial score (nSPS) is 10.8. The van der Waals surface area contributed by atoms with Gasteiger partial charge in [0.15, 0.2) is 0 Å². The Kier molecular flexibility index (Phi) is 6.53. The quantitative estimate of drug-likeness (QED) is 0.647. The summed E-state index contributed by atoms with van der Waals surface area (Å²) in [5.41, 5.74) is 5.66. The molecule has 162 valence electrons. The van der Waals surface area contributed by atoms with Crippen molar-refractivity contribution >= 4 is 17.5 Å². The van der Waals surface area contributed by atoms with E-state index >= 15 is 0 Å². The fourth-order valence-electron chi connectivity index (χ4n) is 3.75. The Morgan fingerprint density at radius 3 is 2.29 bits per heavy atom. The molecule has 6 nitrogen and oxygen atoms in total. The van der Waals surface area contributed by atoms with Crippen LogP contribution in [0.4, 0.5) is 10.1 Å². The lowest BCUT2D eigenvalue weighted by Crippen LogP contribution is -2.35. The minimum absolute atomic E-state index is 0.0868. The largest absolute Gasteiger partial charge is 0.332 e. The molecule has 0 saturated carbocycles. The summed E-state index contributed by atoms with van der Waals surface area (Å²) in [4.78, 5) is 27.0. The lowest BCUT2D eigenvalue weighted by Gasteiger charge is -2.19. The van der Waals surface area contributed by atoms with E-state index in [9.17, 15) is 14.0 Å². The number of aromatic nitrogens is 2. The van der Waals surface area contributed by atoms with Crippen molar-refractivity contribution in [3.8, 4) is 5.69 Å². The molecule has 0 aliphatic heterocycles. The van der Waals surface area contributed by atoms with E-state index in [4.69, 9.17) is 0 Å². The molecule has 1 aromatic heterocycles. The van der Waals surface area contributed by atoms with E-state index in [0.29, 0.717) is 23.4 Å². The van der Waals surface area contributed by atoms with E-state index in [2.05, 4.69) is 10.4 Å². The van der Waals surface area contributed by atoms with Gasteiger partial charge in [0, 0.05) is 12.7 Å². The van der Waals surface area contributed by atoms with Crippen molar-refractivity contribution in [2.24, 2.45) is 0 Å². The highest BCUT2D eigenvalue weighted by molar-refractivity contribution is 6.00. The number of benzene rings is 2. The topological polar surface area (TPSA) is 67.2 Å². The molecule has 0 aliphatic carbocycles. The van der Waals surface area contributed by atoms with Gasteiger partial charge in [0.1, 0.15) is 5.82 Å². The van der Waals surface area contributed by atoms with Crippen LogP contribution < -0.4 is 5.32 Å². The third-order valence-electron chi connectivity index (χ3n) is 5.17. The van der Waals surface area contributed by atoms with Gasteiger partial charge in [-0.1, -0.05) is 24.6 Å². The molecule has 1 N–H and O–H groups in total. The SMILES string of the molecule is CCc1c(C(=O)N(C)CC(=O)Nc2c(C)cc(C)cc2C)cnn1-c1ccc(F)cc1. The fraction of sp³-hybridized carbons (Fsp3) is 0.292. The summed E-state index contributed by atoms with van der Waals surface area (Å²) in [6, 6.07) is 9.94. The van der Waals surface area contributed by atoms with E-state index in [-0.39, 0.29) is 24.2 Å². The van der Waals surface area contributed by atoms with Crippen LogP contribution in [0.2, 0.25) is 0 Å². The Labute approximate surface area is 181 Å². The summed E-state index contributed by atoms with van der Waals surface area (Å²) in [5, 5.41) is 7.23. The summed E-state index contributed by atoms with van der Waals surface area (Å²) in [7, 11) is 1.59. The Balaban J connectivity index is 1.76. The molecule has 0 unspecified atom stereocenters. The van der Waals surface area contributed by atoms with Crippen molar-refractivity contribution in [2.75, 3.05) is 18.9 Å². The van der Waals surface area contributed by atoms with Crippen LogP contribution in [-0.4, -0.2) is 40.1 Å². The second-order valence-electron chi connectivity index (χ2n) is 7.73. The van der Waals surface area contributed by atoms with Crippen LogP contribution in [0.3, 0.4) is 0 Å². The molecule has 0 aliphatic rings. The van der Waals surface area contributed by atoms with Crippen molar-refractivity contribution in [3.63, 3.8) is 0 Å². The molecule has 1 heterocycles. The summed E-state index contributed by atoms with van der Waals surface area (Å²) in [6.45, 7) is 7.74. The van der Waals surface area contributed by atoms with Crippen molar-refractivity contribution in [2.45, 2.75) is 34.1 Å². The van der Waals surface area contributed by atoms with Crippen LogP contribution in [0.1, 0.15) is 39.7 Å². The number of halogens is 1. The lowest BCUT2D eigenvalue weighted by atomic mass is 10.1. The molecule has 31 heavy (non-hydrogen) atoms. The van der Waals surface area contributed by atoms with E-state index in [0.717, 1.165) is 22.4 Å². The Bertz CT molecular complexity index is 1100. The van der Waals surface area contributed by atoms with Gasteiger partial charge in [0.2, 0.25) is 5.91 Å². The summed E-state index contributed by atoms with van der Waals surface area (Å²) < 4.78 is 14.9. The number of hydrogen-bond acceptors (Lipinski definition) is 3. The Hall–Kier alpha value is -3.48. The first-order valence-electron chi connectivity index (χ1n) is 10.2. The van der Waals surface area contributed by atoms with Gasteiger partial charge in [-0.3, -0.25) is 9.59 Å². The number of carbonyl (C=O) groups is 2. The van der Waals surface area contributed by atoms with Gasteiger partial charge >= 0.3 is 0 Å². The molecule has 0 atom stereocenters. The molecule has 0 radical (unpaired) electrons. The minimum atomic E-state index is -0.338. The molecule has 0 fully saturated rings. The zero-order chi connectivity index (χ0) is 22.7. The molecular formula is C24H27FN4O2. The predicted molar refractivity (Wildman–Crippen MR) is 119 cm³/mol. The van der Waals surface area contributed by atoms with E-state index in [1.165, 1.54) is 23.2 Å². The maximum Gasteiger partial charge on any atom is 0.257 e. The lowest BCUT2D eigenvalue weighted by molar-refractivity contribution is -0.116. The number of amides is 2. The van der Waals surface area contributed by atoms with Crippen LogP contribution in [0.5, 0.6) is 0 Å². The first kappa shape index (κ1) is 22.2. The second-order valence-corrected chi connectivity index (χ2v) is 7.73. The van der Waals surface area contributed by atoms with Crippen LogP contribution in [-0.2, 0) is 11.2 Å². The van der Waals surface area contributed by atoms with Crippen molar-refractivity contribution in [1.82, 2.24) is 14.7 Å². The Morgan fingerprint density at radius 2 is 1.71 bits per heavy atom. The molecule has 7 heteroatoms. The van der Waals surface area contributed by atoms with Crippen LogP contribution in [0.25, 0.3) is 5.69 Å². The van der Waals surface area contributed by atoms with Gasteiger partial charge in [0.05, 0.1) is 29.7 Å². The van der Waals surface area contributed by atoms with Crippen molar-refractivity contribution in [1.29, 1.82) is 0 Å². The average molecular weight is 423 g/mol. The number of rotatable bonds is 6. The maximum absolute atomic E-state index is 13.2. The summed E-state index contributed by atoms with van der Waals surface area (Å²) in [6.07, 6.45) is 2.05. The fourth-order valence-corrected chi connectivity index (χ4v) is 3.75. The maximum atomic E-state index is 13.2. The third-order valence-corrected chi connectivity index (χ3v) is 5.17. The number of likely N-dealkylation sites (N-methyl/N-ethyl adjacent to an activating group) is 1. The van der Waals surface area contributed by atoms with Crippen molar-refractivity contribution in [3.05, 3.63) is 76.4 Å². The van der Waals surface area contributed by atoms with E-state index in [1.807, 2.05) is 39.8 Å². The first-order chi connectivity index (χ1) is 14.7. The summed E-state index contributed by atoms with van der Waals surface area (Å²) >= 11 is 0. The predicted octanol–water partition coefficient (Wildman–Crippen LogP) is 4.21. The van der Waals surface area contributed by atoms with Crippen LogP contribution in [0, 0.1) is 26.6 Å². The molecule has 0 bridgehead atoms. The number of anilines is 1. The van der Waals surface area contributed by atoms with Crippen LogP contribution in [0.15, 0.2) is 42.6 Å². The van der Waals surface area contributed by atoms with Gasteiger partial charge in [0.25, 0.3) is 5.91 Å². The van der Waals surface area contributed by atoms with Gasteiger partial charge in [-0.15, -0.1) is 0 Å². The molecule has 3 aromatic rings. The standard InChI is InChI=1S/C24H27FN4O2/c1-6-21-20(13-26-29(21)19-9-7-18(25)8-10-19)24(31)28(5)14-22(30)27-23-16(3)11-15(2)12-17(23)4/h7-13H,6,14H2,1-5H3,(H,27,30). The van der Waals surface area contributed by atoms with Gasteiger partial charge < -0.3 is 10.2 Å². The highest BCUT2D eigenvalue weighted by atomic mass is 19.1. The molecule has 2 aromatic carbocycles. The van der Waals surface area contributed by atoms with E-state index in [1.54, 1.807) is 23.9 Å². The molecule has 0 spiro atoms. The minimum Gasteiger partial charge on any atom is -0.332 e. The number of carbonyl (C=O) groups excluding carboxylic acids is 2. The zero-order valence-electron chi connectivity index (χ0n) is 18.5. The monoisotopic (exact) mass is 422 g/mol. The van der Waals surface area contributed by atoms with Gasteiger partial charge in [-0.05, 0) is 62.6 Å². The number of nitrogens with zero attached hydrogens (tertiary/aromatic N) is 3. The molecule has 2 amide bonds. The van der Waals surface area contributed by atoms with Crippen LogP contribution >= 0.6 is 0 Å². The van der Waals surface area contributed by atoms with Gasteiger partial charge in [-0.2, -0.15) is 5.10 Å². The Morgan fingerprint density at radius 1 is 1.10 bits per heavy atom. The van der Waals surface area contributed by atoms with Crippen molar-refractivity contribution < 1.29 is 14.0 Å². The third kappa shape index (κ3) is 4.82. The smallest absolute Gasteiger partial charge is 0.257 e. The number of nitrogens with one attached hydrogen (secondary N) is 1. The molecular weight excluding hydrogens is 395 g/mol. The molecule has 0 saturated heterocycles. The first-order valence-corrected chi connectivity index (χ1v) is 10.2. The summed E-state index contributed by atoms with van der Waals surface area (Å²) in [5.74, 6) is -0.900. The number of hydrogen-bond donors (Lipinski definition) is 1. The number of aryl methyl sites for hydroxylation is 3. The van der Waals surface area contributed by atoms with Gasteiger partial charge in [-0.25, -0.2) is 9.07 Å². The zero-order valence-corrected chi connectivity index (χ0v) is 18.5. The highest BCUT2D eigenvalue weighted by Crippen LogP contribution is 2.22. The molecule has 3 rings (SSSR count). The highest BCUT2D eigenvalue weighted by Gasteiger charge is 2.22. The second kappa shape index (κ2) is 9.12. The van der Waals surface area contributed by atoms with E-state index < -0.39 is 0 Å². The average Bonchev–Trinajstić information content (AvgIpc) is 3.14.